The Balaban J connectivity index is 2.01. The highest BCUT2D eigenvalue weighted by molar-refractivity contribution is 6.22. The third-order valence-electron chi connectivity index (χ3n) is 4.56. The van der Waals surface area contributed by atoms with E-state index in [1.54, 1.807) is 0 Å². The van der Waals surface area contributed by atoms with Crippen LogP contribution in [0.2, 0.25) is 5.82 Å². The van der Waals surface area contributed by atoms with Crippen molar-refractivity contribution >= 4 is 19.8 Å². The summed E-state index contributed by atoms with van der Waals surface area (Å²) in [6, 6.07) is -0.252. The lowest BCUT2D eigenvalue weighted by molar-refractivity contribution is -0.144. The highest BCUT2D eigenvalue weighted by atomic mass is 16.5. The second kappa shape index (κ2) is 12.1. The molecule has 1 rings (SSSR count). The number of esters is 1. The van der Waals surface area contributed by atoms with Crippen molar-refractivity contribution in [3.63, 3.8) is 0 Å². The molecule has 0 aromatic heterocycles. The number of amides is 2. The van der Waals surface area contributed by atoms with Gasteiger partial charge in [0.25, 0.3) is 5.97 Å². The molecule has 1 saturated heterocycles. The number of hydrogen-bond donors (Lipinski definition) is 2. The van der Waals surface area contributed by atoms with Crippen molar-refractivity contribution in [3.8, 4) is 0 Å². The van der Waals surface area contributed by atoms with Crippen LogP contribution in [0.5, 0.6) is 0 Å². The van der Waals surface area contributed by atoms with E-state index in [4.69, 9.17) is 17.3 Å². The maximum absolute atomic E-state index is 11.8. The molecule has 1 fully saturated rings. The third-order valence-corrected chi connectivity index (χ3v) is 4.56. The Bertz CT molecular complexity index is 403. The van der Waals surface area contributed by atoms with Crippen LogP contribution in [0.4, 0.5) is 4.79 Å². The van der Waals surface area contributed by atoms with Crippen LogP contribution >= 0.6 is 0 Å². The predicted octanol–water partition coefficient (Wildman–Crippen LogP) is 0.800. The number of morpholine rings is 1. The van der Waals surface area contributed by atoms with Gasteiger partial charge in [-0.2, -0.15) is 0 Å². The number of ether oxygens (including phenoxy) is 2. The van der Waals surface area contributed by atoms with Gasteiger partial charge in [-0.05, 0) is 24.8 Å². The lowest BCUT2D eigenvalue weighted by Gasteiger charge is -2.26. The normalized spacial score (nSPS) is 17.8. The lowest BCUT2D eigenvalue weighted by Crippen LogP contribution is -2.40. The molecule has 7 nitrogen and oxygen atoms in total. The van der Waals surface area contributed by atoms with E-state index in [1.807, 2.05) is 20.8 Å². The molecule has 2 amide bonds. The fourth-order valence-corrected chi connectivity index (χ4v) is 2.43. The number of carbonyl (C=O) groups is 2. The zero-order chi connectivity index (χ0) is 18.7. The van der Waals surface area contributed by atoms with Crippen LogP contribution in [0.3, 0.4) is 0 Å². The molecule has 0 spiro atoms. The standard InChI is InChI=1S/C17H32BN3O4/c1-13(2)14(3)15(18)16(22)25-10-6-20-17(23)19-5-4-7-21-8-11-24-12-9-21/h13-15H,4-12H2,1-3H3,(H2,19,20,23). The Labute approximate surface area is 152 Å². The zero-order valence-corrected chi connectivity index (χ0v) is 15.8. The first kappa shape index (κ1) is 21.8. The molecule has 1 aliphatic heterocycles. The highest BCUT2D eigenvalue weighted by Gasteiger charge is 2.23. The molecule has 25 heavy (non-hydrogen) atoms. The fraction of sp³-hybridized carbons (Fsp3) is 0.882. The maximum Gasteiger partial charge on any atom is 0.314 e. The van der Waals surface area contributed by atoms with E-state index >= 15 is 0 Å². The van der Waals surface area contributed by atoms with E-state index < -0.39 is 11.8 Å². The van der Waals surface area contributed by atoms with Crippen molar-refractivity contribution in [1.29, 1.82) is 0 Å². The minimum Gasteiger partial charge on any atom is -0.464 e. The van der Waals surface area contributed by atoms with Crippen molar-refractivity contribution in [2.45, 2.75) is 33.0 Å². The minimum absolute atomic E-state index is 0.0511. The molecule has 0 saturated carbocycles. The first-order valence-electron chi connectivity index (χ1n) is 9.15. The number of rotatable bonds is 10. The number of carbonyl (C=O) groups excluding carboxylic acids is 2. The summed E-state index contributed by atoms with van der Waals surface area (Å²) < 4.78 is 10.4. The molecule has 2 N–H and O–H groups in total. The van der Waals surface area contributed by atoms with Crippen molar-refractivity contribution in [2.75, 3.05) is 52.5 Å². The Morgan fingerprint density at radius 1 is 1.16 bits per heavy atom. The first-order valence-corrected chi connectivity index (χ1v) is 9.15. The van der Waals surface area contributed by atoms with Crippen LogP contribution < -0.4 is 10.6 Å². The topological polar surface area (TPSA) is 79.9 Å². The van der Waals surface area contributed by atoms with Crippen molar-refractivity contribution in [2.24, 2.45) is 11.8 Å². The lowest BCUT2D eigenvalue weighted by atomic mass is 9.73. The maximum atomic E-state index is 11.8. The van der Waals surface area contributed by atoms with Gasteiger partial charge in [-0.3, -0.25) is 9.69 Å². The largest absolute Gasteiger partial charge is 0.464 e. The average molecular weight is 353 g/mol. The zero-order valence-electron chi connectivity index (χ0n) is 15.8. The van der Waals surface area contributed by atoms with Gasteiger partial charge < -0.3 is 20.1 Å². The minimum atomic E-state index is -0.631. The first-order chi connectivity index (χ1) is 11.9. The van der Waals surface area contributed by atoms with E-state index in [2.05, 4.69) is 15.5 Å². The molecule has 1 heterocycles. The number of nitrogens with zero attached hydrogens (tertiary/aromatic N) is 1. The van der Waals surface area contributed by atoms with E-state index in [1.165, 1.54) is 0 Å². The molecule has 2 atom stereocenters. The van der Waals surface area contributed by atoms with Gasteiger partial charge in [-0.1, -0.05) is 20.8 Å². The van der Waals surface area contributed by atoms with E-state index in [9.17, 15) is 9.59 Å². The Morgan fingerprint density at radius 2 is 1.80 bits per heavy atom. The summed E-state index contributed by atoms with van der Waals surface area (Å²) in [4.78, 5) is 25.8. The molecular weight excluding hydrogens is 321 g/mol. The van der Waals surface area contributed by atoms with Crippen LogP contribution in [-0.4, -0.2) is 77.3 Å². The molecule has 0 aliphatic carbocycles. The summed E-state index contributed by atoms with van der Waals surface area (Å²) in [5.74, 6) is -0.693. The summed E-state index contributed by atoms with van der Waals surface area (Å²) in [7, 11) is 5.86. The molecular formula is C17H32BN3O4. The summed E-state index contributed by atoms with van der Waals surface area (Å²) in [6.07, 6.45) is 0.893. The Morgan fingerprint density at radius 3 is 2.44 bits per heavy atom. The quantitative estimate of drug-likeness (QED) is 0.345. The third kappa shape index (κ3) is 9.11. The summed E-state index contributed by atoms with van der Waals surface area (Å²) in [5.41, 5.74) is 0. The van der Waals surface area contributed by atoms with Crippen LogP contribution in [0.15, 0.2) is 0 Å². The SMILES string of the molecule is [B]C(C(=O)OCCNC(=O)NCCCN1CCOCC1)C(C)C(C)C. The second-order valence-electron chi connectivity index (χ2n) is 6.79. The van der Waals surface area contributed by atoms with Gasteiger partial charge in [0.05, 0.1) is 27.6 Å². The van der Waals surface area contributed by atoms with Crippen LogP contribution in [0, 0.1) is 11.8 Å². The fourth-order valence-electron chi connectivity index (χ4n) is 2.43. The summed E-state index contributed by atoms with van der Waals surface area (Å²) in [6.45, 7) is 11.4. The van der Waals surface area contributed by atoms with Crippen LogP contribution in [0.1, 0.15) is 27.2 Å². The van der Waals surface area contributed by atoms with Gasteiger partial charge in [0.15, 0.2) is 0 Å². The molecule has 0 aromatic rings. The van der Waals surface area contributed by atoms with Gasteiger partial charge in [0, 0.05) is 25.5 Å². The van der Waals surface area contributed by atoms with Crippen molar-refractivity contribution in [3.05, 3.63) is 0 Å². The molecule has 1 aliphatic rings. The summed E-state index contributed by atoms with van der Waals surface area (Å²) >= 11 is 0. The Kier molecular flexibility index (Phi) is 10.6. The smallest absolute Gasteiger partial charge is 0.314 e. The Hall–Kier alpha value is -1.28. The van der Waals surface area contributed by atoms with E-state index in [-0.39, 0.29) is 25.1 Å². The van der Waals surface area contributed by atoms with Gasteiger partial charge in [0.1, 0.15) is 6.61 Å². The molecule has 2 unspecified atom stereocenters. The van der Waals surface area contributed by atoms with Crippen LogP contribution in [-0.2, 0) is 14.3 Å². The average Bonchev–Trinajstić information content (AvgIpc) is 2.61. The predicted molar refractivity (Wildman–Crippen MR) is 97.7 cm³/mol. The molecule has 142 valence electrons. The van der Waals surface area contributed by atoms with Gasteiger partial charge in [-0.15, -0.1) is 0 Å². The molecule has 2 radical (unpaired) electrons. The highest BCUT2D eigenvalue weighted by Crippen LogP contribution is 2.23. The number of urea groups is 1. The summed E-state index contributed by atoms with van der Waals surface area (Å²) in [5, 5.41) is 5.46. The van der Waals surface area contributed by atoms with E-state index in [0.29, 0.717) is 12.5 Å². The van der Waals surface area contributed by atoms with Gasteiger partial charge in [0.2, 0.25) is 0 Å². The molecule has 0 aromatic carbocycles. The number of nitrogens with one attached hydrogen (secondary N) is 2. The van der Waals surface area contributed by atoms with Gasteiger partial charge >= 0.3 is 6.03 Å². The molecule has 0 bridgehead atoms. The monoisotopic (exact) mass is 353 g/mol. The van der Waals surface area contributed by atoms with Crippen LogP contribution in [0.25, 0.3) is 0 Å². The van der Waals surface area contributed by atoms with Crippen molar-refractivity contribution < 1.29 is 19.1 Å². The molecule has 8 heteroatoms. The van der Waals surface area contributed by atoms with Gasteiger partial charge in [-0.25, -0.2) is 4.79 Å². The second-order valence-corrected chi connectivity index (χ2v) is 6.79. The number of hydrogen-bond acceptors (Lipinski definition) is 5. The van der Waals surface area contributed by atoms with E-state index in [0.717, 1.165) is 39.3 Å². The van der Waals surface area contributed by atoms with Crippen molar-refractivity contribution in [1.82, 2.24) is 15.5 Å².